The minimum absolute atomic E-state index is 0.200. The van der Waals surface area contributed by atoms with Gasteiger partial charge in [-0.3, -0.25) is 0 Å². The van der Waals surface area contributed by atoms with Crippen LogP contribution in [0.5, 0.6) is 0 Å². The Labute approximate surface area is 193 Å². The number of rotatable bonds is 6. The molecule has 0 aliphatic rings. The lowest BCUT2D eigenvalue weighted by atomic mass is 10.1. The first-order valence-corrected chi connectivity index (χ1v) is 12.8. The summed E-state index contributed by atoms with van der Waals surface area (Å²) in [4.78, 5) is 4.79. The molecular weight excluding hydrogens is 462 g/mol. The second kappa shape index (κ2) is 8.34. The van der Waals surface area contributed by atoms with E-state index in [4.69, 9.17) is 0 Å². The molecule has 4 rings (SSSR count). The number of sulfonamides is 2. The van der Waals surface area contributed by atoms with Gasteiger partial charge in [0.05, 0.1) is 27.4 Å². The van der Waals surface area contributed by atoms with Crippen molar-refractivity contribution < 1.29 is 16.8 Å². The van der Waals surface area contributed by atoms with E-state index in [2.05, 4.69) is 10.1 Å². The van der Waals surface area contributed by atoms with Gasteiger partial charge in [0.2, 0.25) is 20.0 Å². The van der Waals surface area contributed by atoms with Gasteiger partial charge in [-0.25, -0.2) is 34.9 Å². The molecule has 0 spiro atoms. The number of aromatic nitrogens is 3. The van der Waals surface area contributed by atoms with Crippen LogP contribution in [-0.2, 0) is 20.0 Å². The summed E-state index contributed by atoms with van der Waals surface area (Å²) < 4.78 is 53.3. The fourth-order valence-corrected chi connectivity index (χ4v) is 5.04. The smallest absolute Gasteiger partial charge is 0.235 e. The molecule has 11 heteroatoms. The van der Waals surface area contributed by atoms with Crippen molar-refractivity contribution in [1.29, 1.82) is 0 Å². The molecule has 172 valence electrons. The van der Waals surface area contributed by atoms with Crippen LogP contribution in [0.1, 0.15) is 0 Å². The molecule has 0 amide bonds. The summed E-state index contributed by atoms with van der Waals surface area (Å²) in [6.07, 6.45) is 1.67. The maximum Gasteiger partial charge on any atom is 0.242 e. The first kappa shape index (κ1) is 23.1. The van der Waals surface area contributed by atoms with Crippen molar-refractivity contribution in [3.63, 3.8) is 0 Å². The van der Waals surface area contributed by atoms with Gasteiger partial charge in [-0.05, 0) is 36.4 Å². The highest BCUT2D eigenvalue weighted by Gasteiger charge is 2.19. The van der Waals surface area contributed by atoms with E-state index in [0.717, 1.165) is 11.1 Å². The molecule has 2 aromatic carbocycles. The number of benzene rings is 2. The van der Waals surface area contributed by atoms with Gasteiger partial charge >= 0.3 is 0 Å². The molecule has 9 nitrogen and oxygen atoms in total. The maximum atomic E-state index is 12.3. The lowest BCUT2D eigenvalue weighted by Crippen LogP contribution is -2.22. The predicted molar refractivity (Wildman–Crippen MR) is 126 cm³/mol. The van der Waals surface area contributed by atoms with E-state index in [1.807, 2.05) is 12.1 Å². The molecule has 0 fully saturated rings. The molecule has 0 saturated heterocycles. The molecule has 0 atom stereocenters. The van der Waals surface area contributed by atoms with Crippen molar-refractivity contribution >= 4 is 25.7 Å². The van der Waals surface area contributed by atoms with Crippen LogP contribution in [0.3, 0.4) is 0 Å². The van der Waals surface area contributed by atoms with Crippen LogP contribution in [0.4, 0.5) is 0 Å². The molecule has 33 heavy (non-hydrogen) atoms. The average Bonchev–Trinajstić information content (AvgIpc) is 3.22. The van der Waals surface area contributed by atoms with Crippen LogP contribution in [0, 0.1) is 0 Å². The van der Waals surface area contributed by atoms with Crippen molar-refractivity contribution in [2.24, 2.45) is 0 Å². The van der Waals surface area contributed by atoms with E-state index in [9.17, 15) is 16.8 Å². The lowest BCUT2D eigenvalue weighted by molar-refractivity contribution is 0.519. The van der Waals surface area contributed by atoms with Gasteiger partial charge in [0.15, 0.2) is 5.65 Å². The molecule has 2 heterocycles. The molecule has 0 saturated carbocycles. The Morgan fingerprint density at radius 2 is 1.15 bits per heavy atom. The topological polar surface area (TPSA) is 105 Å². The fraction of sp³-hybridized carbons (Fsp3) is 0.182. The number of imidazole rings is 1. The van der Waals surface area contributed by atoms with Crippen molar-refractivity contribution in [3.05, 3.63) is 66.9 Å². The van der Waals surface area contributed by atoms with Gasteiger partial charge < -0.3 is 0 Å². The zero-order valence-electron chi connectivity index (χ0n) is 18.5. The van der Waals surface area contributed by atoms with Crippen LogP contribution in [-0.4, -0.2) is 68.2 Å². The highest BCUT2D eigenvalue weighted by Crippen LogP contribution is 2.25. The number of hydrogen-bond acceptors (Lipinski definition) is 6. The van der Waals surface area contributed by atoms with Crippen molar-refractivity contribution in [2.45, 2.75) is 9.79 Å². The third-order valence-corrected chi connectivity index (χ3v) is 8.88. The Kier molecular flexibility index (Phi) is 5.83. The second-order valence-electron chi connectivity index (χ2n) is 7.76. The van der Waals surface area contributed by atoms with Crippen LogP contribution in [0.2, 0.25) is 0 Å². The average molecular weight is 486 g/mol. The SMILES string of the molecule is CN(C)S(=O)(=O)c1ccc(-c2ccc3ncc(-c4ccc(S(=O)(=O)N(C)C)cc4)n3n2)cc1. The summed E-state index contributed by atoms with van der Waals surface area (Å²) in [6, 6.07) is 16.7. The summed E-state index contributed by atoms with van der Waals surface area (Å²) >= 11 is 0. The van der Waals surface area contributed by atoms with E-state index in [0.29, 0.717) is 17.0 Å². The first-order chi connectivity index (χ1) is 15.5. The number of hydrogen-bond donors (Lipinski definition) is 0. The minimum atomic E-state index is -3.52. The maximum absolute atomic E-state index is 12.3. The Morgan fingerprint density at radius 1 is 0.667 bits per heavy atom. The Morgan fingerprint density at radius 3 is 1.64 bits per heavy atom. The molecule has 4 aromatic rings. The van der Waals surface area contributed by atoms with Crippen molar-refractivity contribution in [3.8, 4) is 22.5 Å². The molecule has 0 radical (unpaired) electrons. The minimum Gasteiger partial charge on any atom is -0.235 e. The summed E-state index contributed by atoms with van der Waals surface area (Å²) in [5.41, 5.74) is 3.49. The number of fused-ring (bicyclic) bond motifs is 1. The first-order valence-electron chi connectivity index (χ1n) is 9.92. The van der Waals surface area contributed by atoms with Crippen molar-refractivity contribution in [1.82, 2.24) is 23.2 Å². The van der Waals surface area contributed by atoms with E-state index < -0.39 is 20.0 Å². The molecule has 2 aromatic heterocycles. The summed E-state index contributed by atoms with van der Waals surface area (Å²) in [7, 11) is -1.08. The molecule has 0 aliphatic heterocycles. The summed E-state index contributed by atoms with van der Waals surface area (Å²) in [6.45, 7) is 0. The van der Waals surface area contributed by atoms with E-state index in [1.54, 1.807) is 59.2 Å². The standard InChI is InChI=1S/C22H23N5O4S2/c1-25(2)32(28,29)18-9-5-16(6-10-18)20-13-14-22-23-15-21(27(22)24-20)17-7-11-19(12-8-17)33(30,31)26(3)4/h5-15H,1-4H3. The molecule has 0 aliphatic carbocycles. The van der Waals surface area contributed by atoms with E-state index in [-0.39, 0.29) is 9.79 Å². The molecule has 0 N–H and O–H groups in total. The monoisotopic (exact) mass is 485 g/mol. The fourth-order valence-electron chi connectivity index (χ4n) is 3.24. The van der Waals surface area contributed by atoms with Crippen molar-refractivity contribution in [2.75, 3.05) is 28.2 Å². The quantitative estimate of drug-likeness (QED) is 0.416. The highest BCUT2D eigenvalue weighted by atomic mass is 32.2. The third kappa shape index (κ3) is 4.15. The summed E-state index contributed by atoms with van der Waals surface area (Å²) in [5, 5.41) is 4.68. The molecular formula is C22H23N5O4S2. The van der Waals surface area contributed by atoms with E-state index >= 15 is 0 Å². The van der Waals surface area contributed by atoms with Crippen LogP contribution in [0.25, 0.3) is 28.2 Å². The van der Waals surface area contributed by atoms with Gasteiger partial charge in [0.1, 0.15) is 0 Å². The Hall–Kier alpha value is -3.12. The van der Waals surface area contributed by atoms with Gasteiger partial charge in [-0.15, -0.1) is 0 Å². The van der Waals surface area contributed by atoms with E-state index in [1.165, 1.54) is 36.8 Å². The third-order valence-electron chi connectivity index (χ3n) is 5.22. The van der Waals surface area contributed by atoms with Crippen LogP contribution in [0.15, 0.2) is 76.7 Å². The second-order valence-corrected chi connectivity index (χ2v) is 12.1. The summed E-state index contributed by atoms with van der Waals surface area (Å²) in [5.74, 6) is 0. The normalized spacial score (nSPS) is 12.7. The van der Waals surface area contributed by atoms with Gasteiger partial charge in [-0.1, -0.05) is 24.3 Å². The van der Waals surface area contributed by atoms with Crippen LogP contribution >= 0.6 is 0 Å². The van der Waals surface area contributed by atoms with Gasteiger partial charge in [0.25, 0.3) is 0 Å². The molecule has 0 unspecified atom stereocenters. The van der Waals surface area contributed by atoms with Gasteiger partial charge in [-0.2, -0.15) is 5.10 Å². The Balaban J connectivity index is 1.72. The zero-order valence-corrected chi connectivity index (χ0v) is 20.2. The Bertz CT molecular complexity index is 1520. The highest BCUT2D eigenvalue weighted by molar-refractivity contribution is 7.89. The largest absolute Gasteiger partial charge is 0.242 e. The lowest BCUT2D eigenvalue weighted by Gasteiger charge is -2.12. The number of nitrogens with zero attached hydrogens (tertiary/aromatic N) is 5. The van der Waals surface area contributed by atoms with Crippen LogP contribution < -0.4 is 0 Å². The zero-order chi connectivity index (χ0) is 24.0. The van der Waals surface area contributed by atoms with Gasteiger partial charge in [0, 0.05) is 39.3 Å². The molecule has 0 bridgehead atoms. The predicted octanol–water partition coefficient (Wildman–Crippen LogP) is 2.56.